The summed E-state index contributed by atoms with van der Waals surface area (Å²) in [6.07, 6.45) is 4.05. The first-order chi connectivity index (χ1) is 10.2. The van der Waals surface area contributed by atoms with Crippen molar-refractivity contribution in [3.63, 3.8) is 0 Å². The van der Waals surface area contributed by atoms with Gasteiger partial charge in [-0.25, -0.2) is 0 Å². The molecule has 0 amide bonds. The van der Waals surface area contributed by atoms with Crippen molar-refractivity contribution < 1.29 is 0 Å². The molecule has 4 heteroatoms. The molecule has 0 aliphatic rings. The fourth-order valence-corrected chi connectivity index (χ4v) is 3.10. The number of aryl methyl sites for hydroxylation is 2. The van der Waals surface area contributed by atoms with Crippen LogP contribution in [0.2, 0.25) is 0 Å². The number of nitrogens with one attached hydrogen (secondary N) is 1. The first kappa shape index (κ1) is 16.2. The van der Waals surface area contributed by atoms with E-state index in [2.05, 4.69) is 76.1 Å². The number of benzene rings is 1. The highest BCUT2D eigenvalue weighted by atomic mass is 79.9. The number of hydrogen-bond donors (Lipinski definition) is 1. The molecule has 1 heterocycles. The molecule has 1 atom stereocenters. The van der Waals surface area contributed by atoms with E-state index in [1.54, 1.807) is 0 Å². The van der Waals surface area contributed by atoms with Gasteiger partial charge in [0.25, 0.3) is 0 Å². The molecule has 0 saturated carbocycles. The van der Waals surface area contributed by atoms with Crippen molar-refractivity contribution in [1.82, 2.24) is 15.1 Å². The summed E-state index contributed by atoms with van der Waals surface area (Å²) in [4.78, 5) is 0. The van der Waals surface area contributed by atoms with E-state index in [0.717, 1.165) is 30.4 Å². The van der Waals surface area contributed by atoms with Crippen LogP contribution in [0, 0.1) is 0 Å². The molecular formula is C17H24BrN3. The summed E-state index contributed by atoms with van der Waals surface area (Å²) >= 11 is 3.66. The molecule has 21 heavy (non-hydrogen) atoms. The van der Waals surface area contributed by atoms with Gasteiger partial charge in [0, 0.05) is 6.54 Å². The third kappa shape index (κ3) is 3.74. The minimum Gasteiger partial charge on any atom is -0.305 e. The minimum absolute atomic E-state index is 0.171. The fraction of sp³-hybridized carbons (Fsp3) is 0.471. The van der Waals surface area contributed by atoms with Crippen LogP contribution in [0.5, 0.6) is 0 Å². The number of nitrogens with zero attached hydrogens (tertiary/aromatic N) is 2. The molecule has 0 spiro atoms. The molecule has 2 rings (SSSR count). The van der Waals surface area contributed by atoms with Gasteiger partial charge in [-0.05, 0) is 46.4 Å². The van der Waals surface area contributed by atoms with Crippen molar-refractivity contribution in [2.24, 2.45) is 0 Å². The molecule has 0 saturated heterocycles. The smallest absolute Gasteiger partial charge is 0.0759 e. The standard InChI is InChI=1S/C17H24BrN3/c1-4-11-21-17(15(18)12-20-21)16(19-6-3)14-9-7-13(5-2)8-10-14/h7-10,12,16,19H,4-6,11H2,1-3H3. The molecule has 0 radical (unpaired) electrons. The highest BCUT2D eigenvalue weighted by Gasteiger charge is 2.20. The Morgan fingerprint density at radius 1 is 1.19 bits per heavy atom. The lowest BCUT2D eigenvalue weighted by atomic mass is 10.0. The van der Waals surface area contributed by atoms with E-state index in [1.807, 2.05) is 6.20 Å². The summed E-state index contributed by atoms with van der Waals surface area (Å²) in [5.41, 5.74) is 3.87. The predicted octanol–water partition coefficient (Wildman–Crippen LogP) is 4.32. The molecule has 1 unspecified atom stereocenters. The van der Waals surface area contributed by atoms with E-state index < -0.39 is 0 Å². The zero-order chi connectivity index (χ0) is 15.2. The Kier molecular flexibility index (Phi) is 6.00. The van der Waals surface area contributed by atoms with Gasteiger partial charge in [0.2, 0.25) is 0 Å². The van der Waals surface area contributed by atoms with Gasteiger partial charge in [0.05, 0.1) is 22.4 Å². The average molecular weight is 350 g/mol. The summed E-state index contributed by atoms with van der Waals surface area (Å²) in [5, 5.41) is 8.09. The highest BCUT2D eigenvalue weighted by molar-refractivity contribution is 9.10. The molecule has 1 N–H and O–H groups in total. The average Bonchev–Trinajstić information content (AvgIpc) is 2.86. The van der Waals surface area contributed by atoms with Crippen LogP contribution in [0.4, 0.5) is 0 Å². The highest BCUT2D eigenvalue weighted by Crippen LogP contribution is 2.29. The van der Waals surface area contributed by atoms with Crippen LogP contribution in [0.25, 0.3) is 0 Å². The summed E-state index contributed by atoms with van der Waals surface area (Å²) in [6.45, 7) is 8.36. The second-order valence-corrected chi connectivity index (χ2v) is 6.04. The maximum absolute atomic E-state index is 4.50. The van der Waals surface area contributed by atoms with Gasteiger partial charge in [-0.2, -0.15) is 5.10 Å². The second-order valence-electron chi connectivity index (χ2n) is 5.19. The Morgan fingerprint density at radius 3 is 2.48 bits per heavy atom. The van der Waals surface area contributed by atoms with E-state index in [-0.39, 0.29) is 6.04 Å². The summed E-state index contributed by atoms with van der Waals surface area (Å²) in [7, 11) is 0. The largest absolute Gasteiger partial charge is 0.305 e. The maximum atomic E-state index is 4.50. The van der Waals surface area contributed by atoms with Crippen LogP contribution in [0.15, 0.2) is 34.9 Å². The Hall–Kier alpha value is -1.13. The van der Waals surface area contributed by atoms with E-state index in [1.165, 1.54) is 16.8 Å². The van der Waals surface area contributed by atoms with E-state index in [0.29, 0.717) is 0 Å². The Morgan fingerprint density at radius 2 is 1.90 bits per heavy atom. The van der Waals surface area contributed by atoms with Crippen LogP contribution in [-0.2, 0) is 13.0 Å². The molecule has 1 aromatic carbocycles. The summed E-state index contributed by atoms with van der Waals surface area (Å²) < 4.78 is 3.17. The molecule has 3 nitrogen and oxygen atoms in total. The van der Waals surface area contributed by atoms with Crippen LogP contribution >= 0.6 is 15.9 Å². The zero-order valence-electron chi connectivity index (χ0n) is 13.1. The van der Waals surface area contributed by atoms with Crippen LogP contribution in [0.3, 0.4) is 0 Å². The third-order valence-corrected chi connectivity index (χ3v) is 4.28. The molecule has 0 aliphatic heterocycles. The molecule has 0 aliphatic carbocycles. The molecule has 2 aromatic rings. The lowest BCUT2D eigenvalue weighted by Crippen LogP contribution is -2.25. The van der Waals surface area contributed by atoms with Crippen molar-refractivity contribution in [3.05, 3.63) is 51.8 Å². The van der Waals surface area contributed by atoms with Gasteiger partial charge in [-0.1, -0.05) is 45.0 Å². The van der Waals surface area contributed by atoms with Crippen LogP contribution in [0.1, 0.15) is 50.1 Å². The van der Waals surface area contributed by atoms with Crippen molar-refractivity contribution in [2.75, 3.05) is 6.54 Å². The maximum Gasteiger partial charge on any atom is 0.0759 e. The van der Waals surface area contributed by atoms with Crippen LogP contribution < -0.4 is 5.32 Å². The van der Waals surface area contributed by atoms with Crippen molar-refractivity contribution >= 4 is 15.9 Å². The third-order valence-electron chi connectivity index (χ3n) is 3.67. The first-order valence-electron chi connectivity index (χ1n) is 7.74. The molecule has 1 aromatic heterocycles. The van der Waals surface area contributed by atoms with E-state index >= 15 is 0 Å². The van der Waals surface area contributed by atoms with Gasteiger partial charge >= 0.3 is 0 Å². The Balaban J connectivity index is 2.40. The first-order valence-corrected chi connectivity index (χ1v) is 8.53. The number of rotatable bonds is 7. The fourth-order valence-electron chi connectivity index (χ4n) is 2.57. The lowest BCUT2D eigenvalue weighted by molar-refractivity contribution is 0.519. The van der Waals surface area contributed by atoms with Crippen molar-refractivity contribution in [2.45, 2.75) is 46.2 Å². The van der Waals surface area contributed by atoms with Crippen molar-refractivity contribution in [1.29, 1.82) is 0 Å². The zero-order valence-corrected chi connectivity index (χ0v) is 14.7. The van der Waals surface area contributed by atoms with Gasteiger partial charge in [-0.15, -0.1) is 0 Å². The normalized spacial score (nSPS) is 12.6. The Labute approximate surface area is 135 Å². The summed E-state index contributed by atoms with van der Waals surface area (Å²) in [5.74, 6) is 0. The number of hydrogen-bond acceptors (Lipinski definition) is 2. The number of aromatic nitrogens is 2. The quantitative estimate of drug-likeness (QED) is 0.806. The van der Waals surface area contributed by atoms with Gasteiger partial charge in [0.15, 0.2) is 0 Å². The number of halogens is 1. The van der Waals surface area contributed by atoms with Crippen molar-refractivity contribution in [3.8, 4) is 0 Å². The predicted molar refractivity (Wildman–Crippen MR) is 91.6 cm³/mol. The Bertz CT molecular complexity index is 560. The minimum atomic E-state index is 0.171. The van der Waals surface area contributed by atoms with Gasteiger partial charge in [-0.3, -0.25) is 4.68 Å². The van der Waals surface area contributed by atoms with Gasteiger partial charge in [0.1, 0.15) is 0 Å². The van der Waals surface area contributed by atoms with E-state index in [9.17, 15) is 0 Å². The lowest BCUT2D eigenvalue weighted by Gasteiger charge is -2.21. The molecule has 114 valence electrons. The second kappa shape index (κ2) is 7.76. The van der Waals surface area contributed by atoms with Crippen LogP contribution in [-0.4, -0.2) is 16.3 Å². The SMILES string of the molecule is CCCn1ncc(Br)c1C(NCC)c1ccc(CC)cc1. The van der Waals surface area contributed by atoms with Gasteiger partial charge < -0.3 is 5.32 Å². The summed E-state index contributed by atoms with van der Waals surface area (Å²) in [6, 6.07) is 9.05. The topological polar surface area (TPSA) is 29.9 Å². The monoisotopic (exact) mass is 349 g/mol. The van der Waals surface area contributed by atoms with E-state index in [4.69, 9.17) is 0 Å². The molecular weight excluding hydrogens is 326 g/mol. The molecule has 0 fully saturated rings. The molecule has 0 bridgehead atoms.